The molecular weight excluding hydrogens is 339 g/mol. The van der Waals surface area contributed by atoms with Crippen molar-refractivity contribution in [2.45, 2.75) is 33.1 Å². The Morgan fingerprint density at radius 3 is 2.64 bits per heavy atom. The highest BCUT2D eigenvalue weighted by Gasteiger charge is 2.19. The maximum atomic E-state index is 13.2. The van der Waals surface area contributed by atoms with Gasteiger partial charge in [0.05, 0.1) is 11.4 Å². The SMILES string of the molecule is CCCc1sc(C(=O)N(C)CC(=O)Nc2cccc(F)c2)cc1CC. The summed E-state index contributed by atoms with van der Waals surface area (Å²) in [6.45, 7) is 4.10. The molecule has 0 aliphatic rings. The van der Waals surface area contributed by atoms with E-state index >= 15 is 0 Å². The van der Waals surface area contributed by atoms with Crippen LogP contribution in [-0.2, 0) is 17.6 Å². The van der Waals surface area contributed by atoms with Gasteiger partial charge in [-0.3, -0.25) is 9.59 Å². The Morgan fingerprint density at radius 2 is 2.00 bits per heavy atom. The van der Waals surface area contributed by atoms with Gasteiger partial charge in [-0.25, -0.2) is 4.39 Å². The predicted molar refractivity (Wildman–Crippen MR) is 99.7 cm³/mol. The summed E-state index contributed by atoms with van der Waals surface area (Å²) in [6, 6.07) is 7.60. The van der Waals surface area contributed by atoms with Crippen LogP contribution >= 0.6 is 11.3 Å². The number of halogens is 1. The molecule has 0 unspecified atom stereocenters. The molecule has 0 radical (unpaired) electrons. The fourth-order valence-corrected chi connectivity index (χ4v) is 3.90. The number of anilines is 1. The van der Waals surface area contributed by atoms with Gasteiger partial charge in [0, 0.05) is 17.6 Å². The first-order chi connectivity index (χ1) is 11.9. The van der Waals surface area contributed by atoms with Crippen molar-refractivity contribution in [1.29, 1.82) is 0 Å². The Hall–Kier alpha value is -2.21. The van der Waals surface area contributed by atoms with E-state index in [4.69, 9.17) is 0 Å². The molecule has 1 aromatic carbocycles. The molecule has 0 saturated carbocycles. The number of hydrogen-bond donors (Lipinski definition) is 1. The van der Waals surface area contributed by atoms with E-state index in [2.05, 4.69) is 19.2 Å². The lowest BCUT2D eigenvalue weighted by Crippen LogP contribution is -2.34. The van der Waals surface area contributed by atoms with E-state index in [1.54, 1.807) is 13.1 Å². The minimum Gasteiger partial charge on any atom is -0.332 e. The van der Waals surface area contributed by atoms with Crippen molar-refractivity contribution < 1.29 is 14.0 Å². The van der Waals surface area contributed by atoms with Gasteiger partial charge >= 0.3 is 0 Å². The number of nitrogens with zero attached hydrogens (tertiary/aromatic N) is 1. The second-order valence-electron chi connectivity index (χ2n) is 5.88. The lowest BCUT2D eigenvalue weighted by molar-refractivity contribution is -0.116. The molecule has 0 saturated heterocycles. The van der Waals surface area contributed by atoms with Crippen molar-refractivity contribution in [2.75, 3.05) is 18.9 Å². The van der Waals surface area contributed by atoms with Crippen LogP contribution in [0.15, 0.2) is 30.3 Å². The van der Waals surface area contributed by atoms with E-state index in [-0.39, 0.29) is 18.4 Å². The summed E-state index contributed by atoms with van der Waals surface area (Å²) in [5.74, 6) is -0.949. The maximum Gasteiger partial charge on any atom is 0.264 e. The van der Waals surface area contributed by atoms with Gasteiger partial charge in [-0.2, -0.15) is 0 Å². The van der Waals surface area contributed by atoms with Gasteiger partial charge < -0.3 is 10.2 Å². The van der Waals surface area contributed by atoms with Crippen molar-refractivity contribution >= 4 is 28.8 Å². The highest BCUT2D eigenvalue weighted by atomic mass is 32.1. The van der Waals surface area contributed by atoms with E-state index in [0.717, 1.165) is 19.3 Å². The molecule has 0 fully saturated rings. The summed E-state index contributed by atoms with van der Waals surface area (Å²) < 4.78 is 13.2. The Bertz CT molecular complexity index is 758. The highest BCUT2D eigenvalue weighted by Crippen LogP contribution is 2.25. The number of aryl methyl sites for hydroxylation is 2. The first-order valence-electron chi connectivity index (χ1n) is 8.37. The Balaban J connectivity index is 2.01. The number of carbonyl (C=O) groups excluding carboxylic acids is 2. The summed E-state index contributed by atoms with van der Waals surface area (Å²) in [5.41, 5.74) is 1.58. The normalized spacial score (nSPS) is 10.6. The number of hydrogen-bond acceptors (Lipinski definition) is 3. The summed E-state index contributed by atoms with van der Waals surface area (Å²) in [6.07, 6.45) is 2.89. The van der Waals surface area contributed by atoms with Gasteiger partial charge in [0.2, 0.25) is 5.91 Å². The third-order valence-electron chi connectivity index (χ3n) is 3.80. The van der Waals surface area contributed by atoms with E-state index in [1.807, 2.05) is 6.07 Å². The molecule has 0 spiro atoms. The summed E-state index contributed by atoms with van der Waals surface area (Å²) in [5, 5.41) is 2.60. The minimum atomic E-state index is -0.420. The van der Waals surface area contributed by atoms with Crippen molar-refractivity contribution in [2.24, 2.45) is 0 Å². The highest BCUT2D eigenvalue weighted by molar-refractivity contribution is 7.14. The lowest BCUT2D eigenvalue weighted by atomic mass is 10.1. The van der Waals surface area contributed by atoms with Crippen LogP contribution in [0.5, 0.6) is 0 Å². The van der Waals surface area contributed by atoms with E-state index in [0.29, 0.717) is 10.6 Å². The topological polar surface area (TPSA) is 49.4 Å². The average molecular weight is 362 g/mol. The van der Waals surface area contributed by atoms with Gasteiger partial charge in [0.15, 0.2) is 0 Å². The van der Waals surface area contributed by atoms with Crippen LogP contribution in [0.2, 0.25) is 0 Å². The van der Waals surface area contributed by atoms with Gasteiger partial charge in [0.1, 0.15) is 5.82 Å². The third kappa shape index (κ3) is 5.13. The summed E-state index contributed by atoms with van der Waals surface area (Å²) >= 11 is 1.51. The molecule has 25 heavy (non-hydrogen) atoms. The molecule has 6 heteroatoms. The molecule has 1 aromatic heterocycles. The molecule has 2 amide bonds. The van der Waals surface area contributed by atoms with Gasteiger partial charge in [-0.05, 0) is 42.7 Å². The molecule has 0 aliphatic carbocycles. The number of thiophene rings is 1. The summed E-state index contributed by atoms with van der Waals surface area (Å²) in [4.78, 5) is 27.9. The molecule has 1 heterocycles. The van der Waals surface area contributed by atoms with Gasteiger partial charge in [0.25, 0.3) is 5.91 Å². The van der Waals surface area contributed by atoms with Crippen LogP contribution in [0.3, 0.4) is 0 Å². The standard InChI is InChI=1S/C19H23FN2O2S/c1-4-7-16-13(5-2)10-17(25-16)19(24)22(3)12-18(23)21-15-9-6-8-14(20)11-15/h6,8-11H,4-5,7,12H2,1-3H3,(H,21,23). The molecule has 134 valence electrons. The monoisotopic (exact) mass is 362 g/mol. The zero-order chi connectivity index (χ0) is 18.4. The Labute approximate surface area is 151 Å². The van der Waals surface area contributed by atoms with E-state index in [1.165, 1.54) is 44.9 Å². The maximum absolute atomic E-state index is 13.2. The lowest BCUT2D eigenvalue weighted by Gasteiger charge is -2.16. The predicted octanol–water partition coefficient (Wildman–Crippen LogP) is 4.11. The Kier molecular flexibility index (Phi) is 6.70. The van der Waals surface area contributed by atoms with Crippen LogP contribution in [-0.4, -0.2) is 30.3 Å². The summed E-state index contributed by atoms with van der Waals surface area (Å²) in [7, 11) is 1.60. The van der Waals surface area contributed by atoms with Crippen LogP contribution in [0.4, 0.5) is 10.1 Å². The van der Waals surface area contributed by atoms with Gasteiger partial charge in [-0.15, -0.1) is 11.3 Å². The molecule has 4 nitrogen and oxygen atoms in total. The van der Waals surface area contributed by atoms with Crippen molar-refractivity contribution in [3.63, 3.8) is 0 Å². The van der Waals surface area contributed by atoms with Gasteiger partial charge in [-0.1, -0.05) is 26.3 Å². The number of likely N-dealkylation sites (N-methyl/N-ethyl adjacent to an activating group) is 1. The minimum absolute atomic E-state index is 0.0855. The van der Waals surface area contributed by atoms with Crippen LogP contribution < -0.4 is 5.32 Å². The number of rotatable bonds is 7. The largest absolute Gasteiger partial charge is 0.332 e. The zero-order valence-corrected chi connectivity index (χ0v) is 15.6. The van der Waals surface area contributed by atoms with E-state index < -0.39 is 5.82 Å². The molecular formula is C19H23FN2O2S. The number of benzene rings is 1. The zero-order valence-electron chi connectivity index (χ0n) is 14.8. The quantitative estimate of drug-likeness (QED) is 0.806. The van der Waals surface area contributed by atoms with Crippen LogP contribution in [0.1, 0.15) is 40.4 Å². The smallest absolute Gasteiger partial charge is 0.264 e. The fraction of sp³-hybridized carbons (Fsp3) is 0.368. The third-order valence-corrected chi connectivity index (χ3v) is 5.03. The first kappa shape index (κ1) is 19.1. The molecule has 0 bridgehead atoms. The number of nitrogens with one attached hydrogen (secondary N) is 1. The van der Waals surface area contributed by atoms with Crippen LogP contribution in [0, 0.1) is 5.82 Å². The molecule has 1 N–H and O–H groups in total. The van der Waals surface area contributed by atoms with Crippen molar-refractivity contribution in [3.8, 4) is 0 Å². The fourth-order valence-electron chi connectivity index (χ4n) is 2.55. The molecule has 2 aromatic rings. The van der Waals surface area contributed by atoms with Crippen molar-refractivity contribution in [1.82, 2.24) is 4.90 Å². The molecule has 2 rings (SSSR count). The molecule has 0 atom stereocenters. The second kappa shape index (κ2) is 8.76. The van der Waals surface area contributed by atoms with Crippen molar-refractivity contribution in [3.05, 3.63) is 51.5 Å². The average Bonchev–Trinajstić information content (AvgIpc) is 2.97. The second-order valence-corrected chi connectivity index (χ2v) is 7.02. The molecule has 0 aliphatic heterocycles. The van der Waals surface area contributed by atoms with Crippen LogP contribution in [0.25, 0.3) is 0 Å². The van der Waals surface area contributed by atoms with E-state index in [9.17, 15) is 14.0 Å². The first-order valence-corrected chi connectivity index (χ1v) is 9.18. The number of amides is 2. The number of carbonyl (C=O) groups is 2. The Morgan fingerprint density at radius 1 is 1.24 bits per heavy atom.